The summed E-state index contributed by atoms with van der Waals surface area (Å²) in [5.74, 6) is 3.69. The first-order chi connectivity index (χ1) is 19.5. The highest BCUT2D eigenvalue weighted by Gasteiger charge is 2.20. The van der Waals surface area contributed by atoms with Gasteiger partial charge in [0, 0.05) is 56.6 Å². The van der Waals surface area contributed by atoms with Gasteiger partial charge in [-0.05, 0) is 67.1 Å². The number of para-hydroxylation sites is 1. The fourth-order valence-electron chi connectivity index (χ4n) is 5.22. The Morgan fingerprint density at radius 3 is 2.38 bits per heavy atom. The molecule has 6 rings (SSSR count). The summed E-state index contributed by atoms with van der Waals surface area (Å²) < 4.78 is 5.91. The summed E-state index contributed by atoms with van der Waals surface area (Å²) in [6, 6.07) is 26.4. The standard InChI is InChI=1S/C32H35N7O/c1-23(34-27-10-12-29(13-11-27)40-28-6-4-3-5-7-28)39-15-14-24-8-9-25(20-26(24)22-39)30-21-31(36-32(33)35-30)38-18-16-37(2)17-19-38/h3-13,20-21,34H,1,14-19,22H2,2H3,(H2,33,35,36). The lowest BCUT2D eigenvalue weighted by Crippen LogP contribution is -2.44. The molecule has 1 aromatic heterocycles. The number of nitrogens with zero attached hydrogens (tertiary/aromatic N) is 5. The quantitative estimate of drug-likeness (QED) is 0.335. The molecular formula is C32H35N7O. The van der Waals surface area contributed by atoms with Gasteiger partial charge in [0.25, 0.3) is 0 Å². The molecule has 3 heterocycles. The molecule has 0 saturated carbocycles. The summed E-state index contributed by atoms with van der Waals surface area (Å²) in [4.78, 5) is 16.0. The second kappa shape index (κ2) is 11.3. The van der Waals surface area contributed by atoms with Gasteiger partial charge in [-0.3, -0.25) is 0 Å². The highest BCUT2D eigenvalue weighted by molar-refractivity contribution is 5.66. The summed E-state index contributed by atoms with van der Waals surface area (Å²) in [6.07, 6.45) is 0.957. The van der Waals surface area contributed by atoms with Crippen LogP contribution < -0.4 is 20.7 Å². The highest BCUT2D eigenvalue weighted by Crippen LogP contribution is 2.30. The normalized spacial score (nSPS) is 15.4. The van der Waals surface area contributed by atoms with Crippen LogP contribution in [-0.4, -0.2) is 59.5 Å². The highest BCUT2D eigenvalue weighted by atomic mass is 16.5. The van der Waals surface area contributed by atoms with E-state index in [1.54, 1.807) is 0 Å². The number of piperazine rings is 1. The van der Waals surface area contributed by atoms with Crippen molar-refractivity contribution in [2.45, 2.75) is 13.0 Å². The van der Waals surface area contributed by atoms with E-state index in [9.17, 15) is 0 Å². The minimum absolute atomic E-state index is 0.309. The monoisotopic (exact) mass is 533 g/mol. The first-order valence-corrected chi connectivity index (χ1v) is 13.7. The molecule has 0 spiro atoms. The van der Waals surface area contributed by atoms with Crippen LogP contribution in [0.3, 0.4) is 0 Å². The van der Waals surface area contributed by atoms with Crippen LogP contribution in [-0.2, 0) is 13.0 Å². The third-order valence-corrected chi connectivity index (χ3v) is 7.58. The van der Waals surface area contributed by atoms with Gasteiger partial charge in [-0.25, -0.2) is 4.98 Å². The number of rotatable bonds is 7. The molecule has 0 radical (unpaired) electrons. The zero-order valence-corrected chi connectivity index (χ0v) is 22.9. The number of aromatic nitrogens is 2. The Balaban J connectivity index is 1.13. The number of nitrogen functional groups attached to an aromatic ring is 1. The lowest BCUT2D eigenvalue weighted by Gasteiger charge is -2.33. The number of hydrogen-bond acceptors (Lipinski definition) is 8. The molecule has 204 valence electrons. The lowest BCUT2D eigenvalue weighted by atomic mass is 9.96. The molecule has 2 aliphatic heterocycles. The summed E-state index contributed by atoms with van der Waals surface area (Å²) in [7, 11) is 2.15. The van der Waals surface area contributed by atoms with Crippen molar-refractivity contribution in [3.63, 3.8) is 0 Å². The SMILES string of the molecule is C=C(Nc1ccc(Oc2ccccc2)cc1)N1CCc2ccc(-c3cc(N4CCN(C)CC4)nc(N)n3)cc2C1. The van der Waals surface area contributed by atoms with Gasteiger partial charge in [0.15, 0.2) is 0 Å². The van der Waals surface area contributed by atoms with Crippen molar-refractivity contribution in [2.24, 2.45) is 0 Å². The minimum Gasteiger partial charge on any atom is -0.457 e. The van der Waals surface area contributed by atoms with Crippen LogP contribution in [0, 0.1) is 0 Å². The van der Waals surface area contributed by atoms with Crippen LogP contribution in [0.1, 0.15) is 11.1 Å². The van der Waals surface area contributed by atoms with Crippen molar-refractivity contribution in [3.8, 4) is 22.8 Å². The van der Waals surface area contributed by atoms with Crippen molar-refractivity contribution >= 4 is 17.5 Å². The van der Waals surface area contributed by atoms with Gasteiger partial charge < -0.3 is 30.5 Å². The third kappa shape index (κ3) is 5.87. The first-order valence-electron chi connectivity index (χ1n) is 13.7. The van der Waals surface area contributed by atoms with Gasteiger partial charge >= 0.3 is 0 Å². The van der Waals surface area contributed by atoms with Crippen molar-refractivity contribution in [3.05, 3.63) is 102 Å². The third-order valence-electron chi connectivity index (χ3n) is 7.58. The fraction of sp³-hybridized carbons (Fsp3) is 0.250. The molecule has 0 atom stereocenters. The second-order valence-corrected chi connectivity index (χ2v) is 10.4. The molecule has 3 N–H and O–H groups in total. The van der Waals surface area contributed by atoms with Crippen molar-refractivity contribution in [2.75, 3.05) is 55.7 Å². The van der Waals surface area contributed by atoms with Crippen LogP contribution in [0.2, 0.25) is 0 Å². The fourth-order valence-corrected chi connectivity index (χ4v) is 5.22. The van der Waals surface area contributed by atoms with E-state index < -0.39 is 0 Å². The number of hydrogen-bond donors (Lipinski definition) is 2. The van der Waals surface area contributed by atoms with E-state index in [4.69, 9.17) is 10.5 Å². The molecule has 0 unspecified atom stereocenters. The maximum absolute atomic E-state index is 6.16. The van der Waals surface area contributed by atoms with E-state index in [2.05, 4.69) is 67.9 Å². The van der Waals surface area contributed by atoms with E-state index in [1.165, 1.54) is 11.1 Å². The molecule has 4 aromatic rings. The Labute approximate surface area is 235 Å². The van der Waals surface area contributed by atoms with Crippen LogP contribution in [0.15, 0.2) is 91.3 Å². The molecule has 0 aliphatic carbocycles. The number of nitrogens with one attached hydrogen (secondary N) is 1. The molecule has 2 aliphatic rings. The Hall–Kier alpha value is -4.56. The Kier molecular flexibility index (Phi) is 7.25. The zero-order chi connectivity index (χ0) is 27.5. The van der Waals surface area contributed by atoms with E-state index >= 15 is 0 Å². The number of nitrogens with two attached hydrogens (primary N) is 1. The maximum atomic E-state index is 6.16. The Morgan fingerprint density at radius 1 is 0.850 bits per heavy atom. The number of benzene rings is 3. The molecule has 0 bridgehead atoms. The van der Waals surface area contributed by atoms with Crippen LogP contribution in [0.4, 0.5) is 17.5 Å². The van der Waals surface area contributed by atoms with E-state index in [-0.39, 0.29) is 0 Å². The largest absolute Gasteiger partial charge is 0.457 e. The molecule has 1 saturated heterocycles. The molecule has 40 heavy (non-hydrogen) atoms. The first kappa shape index (κ1) is 25.7. The van der Waals surface area contributed by atoms with Crippen molar-refractivity contribution < 1.29 is 4.74 Å². The van der Waals surface area contributed by atoms with E-state index in [0.717, 1.165) is 85.8 Å². The summed E-state index contributed by atoms with van der Waals surface area (Å²) in [5.41, 5.74) is 11.7. The summed E-state index contributed by atoms with van der Waals surface area (Å²) >= 11 is 0. The van der Waals surface area contributed by atoms with Gasteiger partial charge in [0.2, 0.25) is 5.95 Å². The molecule has 8 heteroatoms. The maximum Gasteiger partial charge on any atom is 0.222 e. The summed E-state index contributed by atoms with van der Waals surface area (Å²) in [5, 5.41) is 3.46. The van der Waals surface area contributed by atoms with Gasteiger partial charge in [0.05, 0.1) is 11.5 Å². The van der Waals surface area contributed by atoms with Gasteiger partial charge in [-0.15, -0.1) is 0 Å². The second-order valence-electron chi connectivity index (χ2n) is 10.4. The van der Waals surface area contributed by atoms with Crippen molar-refractivity contribution in [1.82, 2.24) is 19.8 Å². The average molecular weight is 534 g/mol. The van der Waals surface area contributed by atoms with Crippen LogP contribution in [0.25, 0.3) is 11.3 Å². The average Bonchev–Trinajstić information content (AvgIpc) is 2.98. The minimum atomic E-state index is 0.309. The smallest absolute Gasteiger partial charge is 0.222 e. The number of ether oxygens (including phenoxy) is 1. The molecule has 3 aromatic carbocycles. The topological polar surface area (TPSA) is 82.8 Å². The zero-order valence-electron chi connectivity index (χ0n) is 22.9. The van der Waals surface area contributed by atoms with Gasteiger partial charge in [-0.1, -0.05) is 36.9 Å². The summed E-state index contributed by atoms with van der Waals surface area (Å²) in [6.45, 7) is 9.90. The van der Waals surface area contributed by atoms with Gasteiger partial charge in [-0.2, -0.15) is 4.98 Å². The Morgan fingerprint density at radius 2 is 1.60 bits per heavy atom. The molecule has 0 amide bonds. The lowest BCUT2D eigenvalue weighted by molar-refractivity contribution is 0.312. The predicted molar refractivity (Wildman–Crippen MR) is 161 cm³/mol. The number of fused-ring (bicyclic) bond motifs is 1. The van der Waals surface area contributed by atoms with Gasteiger partial charge in [0.1, 0.15) is 17.3 Å². The predicted octanol–water partition coefficient (Wildman–Crippen LogP) is 5.21. The van der Waals surface area contributed by atoms with Crippen LogP contribution in [0.5, 0.6) is 11.5 Å². The Bertz CT molecular complexity index is 1480. The molecular weight excluding hydrogens is 498 g/mol. The van der Waals surface area contributed by atoms with Crippen molar-refractivity contribution in [1.29, 1.82) is 0 Å². The number of likely N-dealkylation sites (N-methyl/N-ethyl adjacent to an activating group) is 1. The van der Waals surface area contributed by atoms with Crippen LogP contribution >= 0.6 is 0 Å². The molecule has 1 fully saturated rings. The van der Waals surface area contributed by atoms with E-state index in [1.807, 2.05) is 54.6 Å². The number of anilines is 3. The molecule has 8 nitrogen and oxygen atoms in total. The van der Waals surface area contributed by atoms with E-state index in [0.29, 0.717) is 5.95 Å².